The third kappa shape index (κ3) is 2.99. The first kappa shape index (κ1) is 24.5. The lowest BCUT2D eigenvalue weighted by molar-refractivity contribution is -0.0154. The van der Waals surface area contributed by atoms with Crippen molar-refractivity contribution in [2.45, 2.75) is 16.6 Å². The second-order valence-corrected chi connectivity index (χ2v) is 10.5. The molecule has 12 heteroatoms. The number of hydrogen-bond donors (Lipinski definition) is 2. The molecule has 42 heavy (non-hydrogen) atoms. The molecule has 1 aliphatic rings. The molecule has 206 valence electrons. The zero-order valence-electron chi connectivity index (χ0n) is 21.9. The second kappa shape index (κ2) is 9.36. The molecule has 0 spiro atoms. The van der Waals surface area contributed by atoms with Gasteiger partial charge in [0.05, 0.1) is 18.2 Å². The monoisotopic (exact) mass is 574 g/mol. The van der Waals surface area contributed by atoms with E-state index in [4.69, 9.17) is 38.6 Å². The van der Waals surface area contributed by atoms with Gasteiger partial charge < -0.3 is 18.8 Å². The number of nitrogens with zero attached hydrogens (tertiary/aromatic N) is 6. The number of hydrogen-bond acceptors (Lipinski definition) is 10. The van der Waals surface area contributed by atoms with Gasteiger partial charge in [-0.2, -0.15) is 5.06 Å². The Morgan fingerprint density at radius 1 is 0.714 bits per heavy atom. The van der Waals surface area contributed by atoms with Crippen LogP contribution in [0.4, 0.5) is 5.88 Å². The molecule has 0 aromatic carbocycles. The van der Waals surface area contributed by atoms with Crippen molar-refractivity contribution in [3.8, 4) is 0 Å². The van der Waals surface area contributed by atoms with Crippen LogP contribution in [0, 0.1) is 0 Å². The van der Waals surface area contributed by atoms with E-state index >= 15 is 0 Å². The van der Waals surface area contributed by atoms with Crippen LogP contribution in [-0.4, -0.2) is 34.9 Å². The molecule has 0 radical (unpaired) electrons. The van der Waals surface area contributed by atoms with E-state index in [1.54, 1.807) is 60.6 Å². The summed E-state index contributed by atoms with van der Waals surface area (Å²) in [7, 11) is 0. The number of furan rings is 1. The SMILES string of the molecule is c1ccc(C2(c3cccs3)ON(c3ccco3)C(c3ncccn3)(c3ncco3)C2(c2ccc[nH]2)c2ncc[nH]2)nc1. The first-order valence-corrected chi connectivity index (χ1v) is 14.0. The van der Waals surface area contributed by atoms with Crippen LogP contribution < -0.4 is 5.06 Å². The summed E-state index contributed by atoms with van der Waals surface area (Å²) >= 11 is 1.53. The van der Waals surface area contributed by atoms with E-state index in [0.717, 1.165) is 10.6 Å². The highest BCUT2D eigenvalue weighted by Gasteiger charge is 2.83. The normalized spacial score (nSPS) is 23.9. The van der Waals surface area contributed by atoms with E-state index in [9.17, 15) is 0 Å². The predicted octanol–water partition coefficient (Wildman–Crippen LogP) is 5.19. The topological polar surface area (TPSA) is 135 Å². The zero-order chi connectivity index (χ0) is 28.0. The summed E-state index contributed by atoms with van der Waals surface area (Å²) in [4.78, 5) is 39.6. The highest BCUT2D eigenvalue weighted by molar-refractivity contribution is 7.10. The Bertz CT molecular complexity index is 1830. The van der Waals surface area contributed by atoms with Gasteiger partial charge in [-0.1, -0.05) is 12.1 Å². The van der Waals surface area contributed by atoms with Crippen molar-refractivity contribution in [1.82, 2.24) is 34.9 Å². The number of oxazole rings is 1. The first-order chi connectivity index (χ1) is 20.8. The van der Waals surface area contributed by atoms with Crippen LogP contribution >= 0.6 is 11.3 Å². The molecule has 11 nitrogen and oxygen atoms in total. The van der Waals surface area contributed by atoms with Crippen molar-refractivity contribution < 1.29 is 13.7 Å². The molecule has 1 fully saturated rings. The molecule has 1 aliphatic heterocycles. The van der Waals surface area contributed by atoms with Gasteiger partial charge in [0.2, 0.25) is 17.3 Å². The first-order valence-electron chi connectivity index (χ1n) is 13.1. The van der Waals surface area contributed by atoms with Crippen molar-refractivity contribution >= 4 is 17.2 Å². The van der Waals surface area contributed by atoms with Crippen LogP contribution in [0.5, 0.6) is 0 Å². The fourth-order valence-corrected chi connectivity index (χ4v) is 7.22. The van der Waals surface area contributed by atoms with Crippen molar-refractivity contribution in [3.63, 3.8) is 0 Å². The van der Waals surface area contributed by atoms with E-state index in [1.165, 1.54) is 17.6 Å². The molecule has 0 bridgehead atoms. The lowest BCUT2D eigenvalue weighted by atomic mass is 9.55. The fraction of sp³-hybridized carbons (Fsp3) is 0.100. The van der Waals surface area contributed by atoms with Gasteiger partial charge in [-0.05, 0) is 47.8 Å². The smallest absolute Gasteiger partial charge is 0.232 e. The Labute approximate surface area is 242 Å². The number of thiophene rings is 1. The summed E-state index contributed by atoms with van der Waals surface area (Å²) in [5.41, 5.74) is -3.05. The number of pyridine rings is 1. The second-order valence-electron chi connectivity index (χ2n) is 9.60. The Morgan fingerprint density at radius 3 is 2.31 bits per heavy atom. The molecule has 0 amide bonds. The highest BCUT2D eigenvalue weighted by Crippen LogP contribution is 2.69. The van der Waals surface area contributed by atoms with Gasteiger partial charge in [-0.15, -0.1) is 11.3 Å². The van der Waals surface area contributed by atoms with Crippen LogP contribution in [0.2, 0.25) is 0 Å². The number of hydroxylamine groups is 1. The van der Waals surface area contributed by atoms with Crippen LogP contribution in [0.3, 0.4) is 0 Å². The lowest BCUT2D eigenvalue weighted by Crippen LogP contribution is -2.62. The third-order valence-corrected chi connectivity index (χ3v) is 8.66. The molecular formula is C30H22N8O3S. The van der Waals surface area contributed by atoms with E-state index < -0.39 is 16.6 Å². The molecule has 8 rings (SSSR count). The number of aromatic nitrogens is 7. The van der Waals surface area contributed by atoms with Crippen LogP contribution in [-0.2, 0) is 21.4 Å². The number of H-pyrrole nitrogens is 2. The number of anilines is 1. The molecule has 8 heterocycles. The standard InChI is InChI=1S/C30H22N8O3S/c1-2-11-32-22(7-1)30(23-9-5-20-42-23)28(21-8-3-12-31-21,25-35-15-16-36-25)29(27-37-17-19-40-27,26-33-13-6-14-34-26)38(41-30)24-10-4-18-39-24/h1-20,31H,(H,35,36). The molecule has 1 saturated heterocycles. The van der Waals surface area contributed by atoms with Gasteiger partial charge in [-0.25, -0.2) is 24.8 Å². The van der Waals surface area contributed by atoms with Gasteiger partial charge in [0, 0.05) is 53.8 Å². The number of imidazole rings is 1. The van der Waals surface area contributed by atoms with Crippen molar-refractivity contribution in [2.75, 3.05) is 5.06 Å². The van der Waals surface area contributed by atoms with Gasteiger partial charge in [0.1, 0.15) is 12.1 Å². The molecule has 3 unspecified atom stereocenters. The van der Waals surface area contributed by atoms with Crippen molar-refractivity contribution in [2.24, 2.45) is 0 Å². The Hall–Kier alpha value is -5.33. The van der Waals surface area contributed by atoms with Crippen LogP contribution in [0.1, 0.15) is 33.8 Å². The lowest BCUT2D eigenvalue weighted by Gasteiger charge is -2.46. The van der Waals surface area contributed by atoms with Gasteiger partial charge in [0.25, 0.3) is 0 Å². The summed E-state index contributed by atoms with van der Waals surface area (Å²) in [6, 6.07) is 19.0. The summed E-state index contributed by atoms with van der Waals surface area (Å²) < 4.78 is 12.4. The van der Waals surface area contributed by atoms with Gasteiger partial charge in [0.15, 0.2) is 16.8 Å². The average Bonchev–Trinajstić information content (AvgIpc) is 3.89. The maximum absolute atomic E-state index is 7.41. The largest absolute Gasteiger partial charge is 0.447 e. The van der Waals surface area contributed by atoms with E-state index in [0.29, 0.717) is 23.2 Å². The molecular weight excluding hydrogens is 552 g/mol. The zero-order valence-corrected chi connectivity index (χ0v) is 22.7. The summed E-state index contributed by atoms with van der Waals surface area (Å²) in [6.45, 7) is 0. The Kier molecular flexibility index (Phi) is 5.45. The highest BCUT2D eigenvalue weighted by atomic mass is 32.1. The van der Waals surface area contributed by atoms with Crippen LogP contribution in [0.15, 0.2) is 131 Å². The number of nitrogens with one attached hydrogen (secondary N) is 2. The van der Waals surface area contributed by atoms with Gasteiger partial charge >= 0.3 is 0 Å². The molecule has 0 aliphatic carbocycles. The number of aromatic amines is 2. The molecule has 7 aromatic heterocycles. The molecule has 2 N–H and O–H groups in total. The Balaban J connectivity index is 1.68. The minimum Gasteiger partial charge on any atom is -0.447 e. The third-order valence-electron chi connectivity index (χ3n) is 7.69. The maximum Gasteiger partial charge on any atom is 0.232 e. The molecule has 7 aromatic rings. The number of rotatable bonds is 7. The predicted molar refractivity (Wildman–Crippen MR) is 151 cm³/mol. The summed E-state index contributed by atoms with van der Waals surface area (Å²) in [6.07, 6.45) is 15.2. The van der Waals surface area contributed by atoms with Crippen molar-refractivity contribution in [1.29, 1.82) is 0 Å². The minimum absolute atomic E-state index is 0.255. The summed E-state index contributed by atoms with van der Waals surface area (Å²) in [5, 5.41) is 3.66. The van der Waals surface area contributed by atoms with E-state index in [1.807, 2.05) is 60.1 Å². The van der Waals surface area contributed by atoms with Crippen molar-refractivity contribution in [3.05, 3.63) is 156 Å². The fourth-order valence-electron chi connectivity index (χ4n) is 6.30. The van der Waals surface area contributed by atoms with E-state index in [-0.39, 0.29) is 5.89 Å². The maximum atomic E-state index is 7.41. The molecule has 3 atom stereocenters. The minimum atomic E-state index is -1.57. The summed E-state index contributed by atoms with van der Waals surface area (Å²) in [5.74, 6) is 1.50. The molecule has 0 saturated carbocycles. The Morgan fingerprint density at radius 2 is 1.64 bits per heavy atom. The van der Waals surface area contributed by atoms with E-state index in [2.05, 4.69) is 9.97 Å². The van der Waals surface area contributed by atoms with Gasteiger partial charge in [-0.3, -0.25) is 4.98 Å². The average molecular weight is 575 g/mol. The van der Waals surface area contributed by atoms with Crippen LogP contribution in [0.25, 0.3) is 0 Å². The quantitative estimate of drug-likeness (QED) is 0.264.